The monoisotopic (exact) mass is 245 g/mol. The number of sulfonamides is 1. The smallest absolute Gasteiger partial charge is 0.212 e. The minimum Gasteiger partial charge on any atom is -0.228 e. The first kappa shape index (κ1) is 12.4. The Morgan fingerprint density at radius 1 is 1.19 bits per heavy atom. The highest BCUT2D eigenvalue weighted by Crippen LogP contribution is 2.55. The van der Waals surface area contributed by atoms with Crippen LogP contribution < -0.4 is 5.14 Å². The zero-order chi connectivity index (χ0) is 12.0. The minimum absolute atomic E-state index is 0.247. The first-order chi connectivity index (χ1) is 7.32. The summed E-state index contributed by atoms with van der Waals surface area (Å²) in [6, 6.07) is 0. The van der Waals surface area contributed by atoms with Gasteiger partial charge in [0.2, 0.25) is 10.0 Å². The number of hydrogen-bond acceptors (Lipinski definition) is 2. The maximum Gasteiger partial charge on any atom is 0.212 e. The van der Waals surface area contributed by atoms with Gasteiger partial charge in [0, 0.05) is 0 Å². The lowest BCUT2D eigenvalue weighted by Crippen LogP contribution is -2.49. The Morgan fingerprint density at radius 2 is 1.69 bits per heavy atom. The van der Waals surface area contributed by atoms with E-state index in [0.29, 0.717) is 5.41 Å². The molecule has 0 unspecified atom stereocenters. The number of rotatable bonds is 2. The van der Waals surface area contributed by atoms with Crippen molar-refractivity contribution < 1.29 is 8.42 Å². The van der Waals surface area contributed by atoms with Crippen molar-refractivity contribution in [2.75, 3.05) is 0 Å². The Bertz CT molecular complexity index is 345. The van der Waals surface area contributed by atoms with E-state index in [9.17, 15) is 8.42 Å². The van der Waals surface area contributed by atoms with E-state index in [1.165, 1.54) is 25.7 Å². The molecule has 2 fully saturated rings. The molecule has 16 heavy (non-hydrogen) atoms. The Balaban J connectivity index is 1.88. The summed E-state index contributed by atoms with van der Waals surface area (Å²) >= 11 is 0. The van der Waals surface area contributed by atoms with E-state index in [2.05, 4.69) is 13.8 Å². The van der Waals surface area contributed by atoms with Gasteiger partial charge in [-0.15, -0.1) is 0 Å². The van der Waals surface area contributed by atoms with Gasteiger partial charge in [-0.25, -0.2) is 13.6 Å². The number of hydrogen-bond donors (Lipinski definition) is 1. The van der Waals surface area contributed by atoms with Gasteiger partial charge in [-0.2, -0.15) is 0 Å². The molecule has 2 saturated carbocycles. The van der Waals surface area contributed by atoms with Crippen LogP contribution in [0.1, 0.15) is 52.4 Å². The Labute approximate surface area is 98.8 Å². The molecule has 0 heterocycles. The maximum absolute atomic E-state index is 11.2. The predicted molar refractivity (Wildman–Crippen MR) is 65.4 cm³/mol. The van der Waals surface area contributed by atoms with Gasteiger partial charge in [0.1, 0.15) is 0 Å². The van der Waals surface area contributed by atoms with Crippen molar-refractivity contribution in [2.24, 2.45) is 22.4 Å². The lowest BCUT2D eigenvalue weighted by Gasteiger charge is -2.51. The molecular weight excluding hydrogens is 222 g/mol. The summed E-state index contributed by atoms with van der Waals surface area (Å²) in [5, 5.41) is 4.93. The molecule has 0 saturated heterocycles. The Hall–Kier alpha value is -0.0900. The van der Waals surface area contributed by atoms with Crippen molar-refractivity contribution in [1.29, 1.82) is 0 Å². The van der Waals surface area contributed by atoms with Crippen LogP contribution in [0.25, 0.3) is 0 Å². The quantitative estimate of drug-likeness (QED) is 0.811. The molecule has 0 aromatic carbocycles. The fraction of sp³-hybridized carbons (Fsp3) is 1.00. The molecule has 2 aliphatic carbocycles. The number of nitrogens with two attached hydrogens (primary N) is 1. The second-order valence-electron chi connectivity index (χ2n) is 6.20. The van der Waals surface area contributed by atoms with Gasteiger partial charge >= 0.3 is 0 Å². The van der Waals surface area contributed by atoms with Crippen LogP contribution in [0.2, 0.25) is 0 Å². The van der Waals surface area contributed by atoms with Crippen LogP contribution in [0.4, 0.5) is 0 Å². The van der Waals surface area contributed by atoms with Crippen molar-refractivity contribution in [3.05, 3.63) is 0 Å². The molecule has 1 spiro atoms. The average Bonchev–Trinajstić information content (AvgIpc) is 2.12. The molecule has 0 aromatic rings. The molecule has 2 rings (SSSR count). The summed E-state index contributed by atoms with van der Waals surface area (Å²) in [6.45, 7) is 4.58. The van der Waals surface area contributed by atoms with Crippen molar-refractivity contribution in [2.45, 2.75) is 57.6 Å². The van der Waals surface area contributed by atoms with Crippen LogP contribution in [0.5, 0.6) is 0 Å². The van der Waals surface area contributed by atoms with Gasteiger partial charge in [-0.3, -0.25) is 0 Å². The summed E-state index contributed by atoms with van der Waals surface area (Å²) in [4.78, 5) is 0. The molecule has 0 amide bonds. The van der Waals surface area contributed by atoms with Gasteiger partial charge in [0.15, 0.2) is 0 Å². The van der Waals surface area contributed by atoms with E-state index >= 15 is 0 Å². The van der Waals surface area contributed by atoms with E-state index in [-0.39, 0.29) is 5.25 Å². The minimum atomic E-state index is -3.27. The van der Waals surface area contributed by atoms with Gasteiger partial charge in [-0.05, 0) is 55.8 Å². The third-order valence-corrected chi connectivity index (χ3v) is 6.08. The van der Waals surface area contributed by atoms with Crippen molar-refractivity contribution in [3.63, 3.8) is 0 Å². The van der Waals surface area contributed by atoms with Crippen LogP contribution in [-0.4, -0.2) is 13.7 Å². The molecule has 0 atom stereocenters. The predicted octanol–water partition coefficient (Wildman–Crippen LogP) is 2.27. The first-order valence-corrected chi connectivity index (χ1v) is 7.95. The SMILES string of the molecule is CC(C)C1CCC2(CC1)CC(S(N)(=O)=O)C2. The molecule has 94 valence electrons. The average molecular weight is 245 g/mol. The molecular formula is C12H23NO2S. The largest absolute Gasteiger partial charge is 0.228 e. The zero-order valence-electron chi connectivity index (χ0n) is 10.3. The normalized spacial score (nSPS) is 40.0. The van der Waals surface area contributed by atoms with E-state index in [0.717, 1.165) is 24.7 Å². The second-order valence-corrected chi connectivity index (χ2v) is 8.05. The fourth-order valence-electron chi connectivity index (χ4n) is 3.47. The van der Waals surface area contributed by atoms with Crippen LogP contribution in [-0.2, 0) is 10.0 Å². The lowest BCUT2D eigenvalue weighted by molar-refractivity contribution is 0.0480. The fourth-order valence-corrected chi connectivity index (χ4v) is 4.64. The van der Waals surface area contributed by atoms with E-state index in [4.69, 9.17) is 5.14 Å². The van der Waals surface area contributed by atoms with Crippen molar-refractivity contribution >= 4 is 10.0 Å². The summed E-state index contributed by atoms with van der Waals surface area (Å²) in [5.74, 6) is 1.62. The molecule has 0 aliphatic heterocycles. The summed E-state index contributed by atoms with van der Waals surface area (Å²) in [6.07, 6.45) is 6.60. The van der Waals surface area contributed by atoms with Crippen LogP contribution in [0.3, 0.4) is 0 Å². The summed E-state index contributed by atoms with van der Waals surface area (Å²) in [5.41, 5.74) is 0.336. The molecule has 2 aliphatic rings. The van der Waals surface area contributed by atoms with Gasteiger partial charge < -0.3 is 0 Å². The highest BCUT2D eigenvalue weighted by atomic mass is 32.2. The lowest BCUT2D eigenvalue weighted by atomic mass is 9.58. The molecule has 0 bridgehead atoms. The molecule has 4 heteroatoms. The highest BCUT2D eigenvalue weighted by Gasteiger charge is 2.50. The standard InChI is InChI=1S/C12H23NO2S/c1-9(2)10-3-5-12(6-4-10)7-11(8-12)16(13,14)15/h9-11H,3-8H2,1-2H3,(H2,13,14,15). The van der Waals surface area contributed by atoms with Crippen molar-refractivity contribution in [3.8, 4) is 0 Å². The highest BCUT2D eigenvalue weighted by molar-refractivity contribution is 7.89. The van der Waals surface area contributed by atoms with Gasteiger partial charge in [0.25, 0.3) is 0 Å². The van der Waals surface area contributed by atoms with Crippen LogP contribution in [0.15, 0.2) is 0 Å². The Morgan fingerprint density at radius 3 is 2.06 bits per heavy atom. The third-order valence-electron chi connectivity index (χ3n) is 4.82. The summed E-state index contributed by atoms with van der Waals surface area (Å²) in [7, 11) is -3.27. The third kappa shape index (κ3) is 2.28. The van der Waals surface area contributed by atoms with Gasteiger partial charge in [-0.1, -0.05) is 13.8 Å². The van der Waals surface area contributed by atoms with E-state index in [1.54, 1.807) is 0 Å². The molecule has 2 N–H and O–H groups in total. The van der Waals surface area contributed by atoms with Crippen LogP contribution >= 0.6 is 0 Å². The topological polar surface area (TPSA) is 60.2 Å². The van der Waals surface area contributed by atoms with Crippen LogP contribution in [0, 0.1) is 17.3 Å². The van der Waals surface area contributed by atoms with E-state index < -0.39 is 10.0 Å². The first-order valence-electron chi connectivity index (χ1n) is 6.34. The maximum atomic E-state index is 11.2. The summed E-state index contributed by atoms with van der Waals surface area (Å²) < 4.78 is 22.4. The molecule has 0 radical (unpaired) electrons. The molecule has 0 aromatic heterocycles. The van der Waals surface area contributed by atoms with Gasteiger partial charge in [0.05, 0.1) is 5.25 Å². The number of primary sulfonamides is 1. The van der Waals surface area contributed by atoms with Crippen molar-refractivity contribution in [1.82, 2.24) is 0 Å². The zero-order valence-corrected chi connectivity index (χ0v) is 11.1. The Kier molecular flexibility index (Phi) is 3.08. The second kappa shape index (κ2) is 3.98. The molecule has 3 nitrogen and oxygen atoms in total. The van der Waals surface area contributed by atoms with E-state index in [1.807, 2.05) is 0 Å².